The number of carbonyl (C=O) groups is 1. The summed E-state index contributed by atoms with van der Waals surface area (Å²) in [5.41, 5.74) is 2.10. The van der Waals surface area contributed by atoms with Gasteiger partial charge in [-0.25, -0.2) is 0 Å². The van der Waals surface area contributed by atoms with Crippen molar-refractivity contribution in [2.75, 3.05) is 13.6 Å². The van der Waals surface area contributed by atoms with Crippen LogP contribution in [0.5, 0.6) is 0 Å². The molecule has 0 aliphatic heterocycles. The van der Waals surface area contributed by atoms with Gasteiger partial charge in [0.15, 0.2) is 11.0 Å². The monoisotopic (exact) mass is 394 g/mol. The average molecular weight is 395 g/mol. The Hall–Kier alpha value is -2.79. The van der Waals surface area contributed by atoms with Crippen molar-refractivity contribution in [2.45, 2.75) is 42.6 Å². The highest BCUT2D eigenvalue weighted by atomic mass is 32.2. The molecule has 0 spiro atoms. The van der Waals surface area contributed by atoms with Crippen LogP contribution in [0.1, 0.15) is 32.2 Å². The Bertz CT molecular complexity index is 1040. The van der Waals surface area contributed by atoms with Crippen LogP contribution in [0.15, 0.2) is 35.6 Å². The number of nitriles is 1. The van der Waals surface area contributed by atoms with Crippen LogP contribution in [-0.4, -0.2) is 49.4 Å². The molecule has 1 aliphatic rings. The van der Waals surface area contributed by atoms with Gasteiger partial charge in [0, 0.05) is 42.3 Å². The molecule has 1 amide bonds. The SMILES string of the molecule is C[C@H](Sc1nnc(-c2c[nH]c3ccccc23)n1C1CC1)C(=O)N(C)CCC#N. The van der Waals surface area contributed by atoms with Crippen LogP contribution in [-0.2, 0) is 4.79 Å². The van der Waals surface area contributed by atoms with Crippen LogP contribution in [0.4, 0.5) is 0 Å². The first kappa shape index (κ1) is 18.6. The van der Waals surface area contributed by atoms with Crippen LogP contribution in [0.2, 0.25) is 0 Å². The van der Waals surface area contributed by atoms with Crippen LogP contribution in [0, 0.1) is 11.3 Å². The maximum atomic E-state index is 12.6. The first-order valence-electron chi connectivity index (χ1n) is 9.40. The molecule has 1 saturated carbocycles. The van der Waals surface area contributed by atoms with Crippen molar-refractivity contribution in [1.29, 1.82) is 5.26 Å². The predicted octanol–water partition coefficient (Wildman–Crippen LogP) is 3.61. The topological polar surface area (TPSA) is 90.6 Å². The molecule has 1 N–H and O–H groups in total. The second-order valence-corrected chi connectivity index (χ2v) is 8.39. The van der Waals surface area contributed by atoms with E-state index in [4.69, 9.17) is 5.26 Å². The van der Waals surface area contributed by atoms with Crippen molar-refractivity contribution < 1.29 is 4.79 Å². The molecule has 3 aromatic rings. The number of benzene rings is 1. The molecule has 0 unspecified atom stereocenters. The molecule has 1 aromatic carbocycles. The number of nitrogens with one attached hydrogen (secondary N) is 1. The Morgan fingerprint density at radius 2 is 2.21 bits per heavy atom. The number of H-pyrrole nitrogens is 1. The number of para-hydroxylation sites is 1. The van der Waals surface area contributed by atoms with Crippen molar-refractivity contribution in [1.82, 2.24) is 24.6 Å². The molecular weight excluding hydrogens is 372 g/mol. The molecule has 0 saturated heterocycles. The number of amides is 1. The van der Waals surface area contributed by atoms with Crippen molar-refractivity contribution in [3.63, 3.8) is 0 Å². The van der Waals surface area contributed by atoms with Crippen LogP contribution >= 0.6 is 11.8 Å². The summed E-state index contributed by atoms with van der Waals surface area (Å²) in [5, 5.41) is 19.2. The van der Waals surface area contributed by atoms with Gasteiger partial charge in [-0.3, -0.25) is 9.36 Å². The maximum Gasteiger partial charge on any atom is 0.235 e. The molecular formula is C20H22N6OS. The minimum Gasteiger partial charge on any atom is -0.360 e. The van der Waals surface area contributed by atoms with Gasteiger partial charge in [0.2, 0.25) is 5.91 Å². The van der Waals surface area contributed by atoms with Gasteiger partial charge >= 0.3 is 0 Å². The van der Waals surface area contributed by atoms with Gasteiger partial charge in [0.25, 0.3) is 0 Å². The molecule has 2 heterocycles. The van der Waals surface area contributed by atoms with E-state index in [1.165, 1.54) is 11.8 Å². The smallest absolute Gasteiger partial charge is 0.235 e. The molecule has 0 bridgehead atoms. The highest BCUT2D eigenvalue weighted by molar-refractivity contribution is 8.00. The molecule has 1 fully saturated rings. The number of aromatic nitrogens is 4. The van der Waals surface area contributed by atoms with Crippen LogP contribution < -0.4 is 0 Å². The number of fused-ring (bicyclic) bond motifs is 1. The van der Waals surface area contributed by atoms with Gasteiger partial charge in [-0.1, -0.05) is 30.0 Å². The molecule has 0 radical (unpaired) electrons. The fourth-order valence-corrected chi connectivity index (χ4v) is 4.34. The highest BCUT2D eigenvalue weighted by Gasteiger charge is 2.32. The molecule has 8 heteroatoms. The van der Waals surface area contributed by atoms with E-state index in [2.05, 4.69) is 31.9 Å². The van der Waals surface area contributed by atoms with Crippen molar-refractivity contribution in [2.24, 2.45) is 0 Å². The minimum absolute atomic E-state index is 0.000703. The van der Waals surface area contributed by atoms with E-state index in [1.807, 2.05) is 31.3 Å². The number of nitrogens with zero attached hydrogens (tertiary/aromatic N) is 5. The zero-order valence-electron chi connectivity index (χ0n) is 15.9. The van der Waals surface area contributed by atoms with E-state index < -0.39 is 0 Å². The largest absolute Gasteiger partial charge is 0.360 e. The Morgan fingerprint density at radius 3 is 2.96 bits per heavy atom. The third-order valence-electron chi connectivity index (χ3n) is 4.97. The second kappa shape index (κ2) is 7.68. The fourth-order valence-electron chi connectivity index (χ4n) is 3.31. The maximum absolute atomic E-state index is 12.6. The standard InChI is InChI=1S/C20H22N6OS/c1-13(19(27)25(2)11-5-10-21)28-20-24-23-18(26(20)14-8-9-14)16-12-22-17-7-4-3-6-15(16)17/h3-4,6-7,12-14,22H,5,8-9,11H2,1-2H3/t13-/m0/s1. The molecule has 2 aromatic heterocycles. The van der Waals surface area contributed by atoms with E-state index in [1.54, 1.807) is 11.9 Å². The molecule has 7 nitrogen and oxygen atoms in total. The number of aromatic amines is 1. The number of hydrogen-bond acceptors (Lipinski definition) is 5. The van der Waals surface area contributed by atoms with Gasteiger partial charge in [-0.05, 0) is 25.8 Å². The Morgan fingerprint density at radius 1 is 1.43 bits per heavy atom. The number of carbonyl (C=O) groups excluding carboxylic acids is 1. The number of thioether (sulfide) groups is 1. The summed E-state index contributed by atoms with van der Waals surface area (Å²) < 4.78 is 2.18. The summed E-state index contributed by atoms with van der Waals surface area (Å²) in [6.45, 7) is 2.32. The van der Waals surface area contributed by atoms with E-state index in [0.717, 1.165) is 40.3 Å². The van der Waals surface area contributed by atoms with Gasteiger partial charge in [-0.2, -0.15) is 5.26 Å². The fraction of sp³-hybridized carbons (Fsp3) is 0.400. The van der Waals surface area contributed by atoms with E-state index in [0.29, 0.717) is 19.0 Å². The van der Waals surface area contributed by atoms with Crippen LogP contribution in [0.25, 0.3) is 22.3 Å². The Labute approximate surface area is 167 Å². The minimum atomic E-state index is -0.291. The average Bonchev–Trinajstić information content (AvgIpc) is 3.33. The van der Waals surface area contributed by atoms with Crippen molar-refractivity contribution in [3.8, 4) is 17.5 Å². The molecule has 28 heavy (non-hydrogen) atoms. The molecule has 1 atom stereocenters. The Balaban J connectivity index is 1.61. The second-order valence-electron chi connectivity index (χ2n) is 7.08. The van der Waals surface area contributed by atoms with Crippen molar-refractivity contribution >= 4 is 28.6 Å². The lowest BCUT2D eigenvalue weighted by atomic mass is 10.1. The summed E-state index contributed by atoms with van der Waals surface area (Å²) >= 11 is 1.44. The van der Waals surface area contributed by atoms with E-state index >= 15 is 0 Å². The summed E-state index contributed by atoms with van der Waals surface area (Å²) in [5.74, 6) is 0.846. The summed E-state index contributed by atoms with van der Waals surface area (Å²) in [4.78, 5) is 17.5. The van der Waals surface area contributed by atoms with Gasteiger partial charge in [0.1, 0.15) is 0 Å². The lowest BCUT2D eigenvalue weighted by molar-refractivity contribution is -0.128. The lowest BCUT2D eigenvalue weighted by Crippen LogP contribution is -2.34. The normalized spacial score (nSPS) is 14.8. The predicted molar refractivity (Wildman–Crippen MR) is 109 cm³/mol. The Kier molecular flexibility index (Phi) is 5.09. The van der Waals surface area contributed by atoms with E-state index in [9.17, 15) is 4.79 Å². The summed E-state index contributed by atoms with van der Waals surface area (Å²) in [7, 11) is 1.74. The molecule has 4 rings (SSSR count). The highest BCUT2D eigenvalue weighted by Crippen LogP contribution is 2.42. The van der Waals surface area contributed by atoms with E-state index in [-0.39, 0.29) is 11.2 Å². The van der Waals surface area contributed by atoms with Crippen LogP contribution in [0.3, 0.4) is 0 Å². The third-order valence-corrected chi connectivity index (χ3v) is 6.02. The van der Waals surface area contributed by atoms with Gasteiger partial charge in [0.05, 0.1) is 17.7 Å². The van der Waals surface area contributed by atoms with Gasteiger partial charge in [-0.15, -0.1) is 10.2 Å². The summed E-state index contributed by atoms with van der Waals surface area (Å²) in [6, 6.07) is 10.6. The molecule has 144 valence electrons. The van der Waals surface area contributed by atoms with Gasteiger partial charge < -0.3 is 9.88 Å². The zero-order valence-corrected chi connectivity index (χ0v) is 16.7. The third kappa shape index (κ3) is 3.50. The van der Waals surface area contributed by atoms with Crippen molar-refractivity contribution in [3.05, 3.63) is 30.5 Å². The lowest BCUT2D eigenvalue weighted by Gasteiger charge is -2.20. The number of rotatable bonds is 7. The first-order chi connectivity index (χ1) is 13.6. The zero-order chi connectivity index (χ0) is 19.7. The molecule has 1 aliphatic carbocycles. The summed E-state index contributed by atoms with van der Waals surface area (Å²) in [6.07, 6.45) is 4.52. The first-order valence-corrected chi connectivity index (χ1v) is 10.3. The number of hydrogen-bond donors (Lipinski definition) is 1. The quantitative estimate of drug-likeness (QED) is 0.618.